The molecule has 15 heavy (non-hydrogen) atoms. The maximum Gasteiger partial charge on any atom is 0.0583 e. The van der Waals surface area contributed by atoms with Gasteiger partial charge in [-0.2, -0.15) is 0 Å². The van der Waals surface area contributed by atoms with Gasteiger partial charge in [-0.15, -0.1) is 0 Å². The summed E-state index contributed by atoms with van der Waals surface area (Å²) in [4.78, 5) is 0. The Bertz CT molecular complexity index is 284. The highest BCUT2D eigenvalue weighted by Crippen LogP contribution is 2.51. The smallest absolute Gasteiger partial charge is 0.0583 e. The molecule has 0 aromatic rings. The fourth-order valence-corrected chi connectivity index (χ4v) is 3.41. The Morgan fingerprint density at radius 3 is 3.00 bits per heavy atom. The van der Waals surface area contributed by atoms with E-state index in [1.165, 1.54) is 12.0 Å². The quantitative estimate of drug-likeness (QED) is 0.716. The fraction of sp³-hybridized carbons (Fsp3) is 0.692. The van der Waals surface area contributed by atoms with Crippen molar-refractivity contribution in [3.8, 4) is 0 Å². The molecule has 0 aromatic heterocycles. The first-order valence-corrected chi connectivity index (χ1v) is 5.79. The Balaban J connectivity index is 2.27. The summed E-state index contributed by atoms with van der Waals surface area (Å²) >= 11 is 0. The molecule has 1 saturated heterocycles. The zero-order chi connectivity index (χ0) is 10.9. The fourth-order valence-electron chi connectivity index (χ4n) is 3.41. The first-order chi connectivity index (χ1) is 7.26. The second-order valence-electron chi connectivity index (χ2n) is 4.73. The van der Waals surface area contributed by atoms with Crippen molar-refractivity contribution in [1.29, 1.82) is 0 Å². The van der Waals surface area contributed by atoms with E-state index in [4.69, 9.17) is 4.74 Å². The highest BCUT2D eigenvalue weighted by atomic mass is 16.5. The van der Waals surface area contributed by atoms with Gasteiger partial charge in [0.1, 0.15) is 0 Å². The van der Waals surface area contributed by atoms with Crippen LogP contribution < -0.4 is 5.32 Å². The first-order valence-electron chi connectivity index (χ1n) is 5.79. The number of allylic oxidation sites excluding steroid dienone is 2. The summed E-state index contributed by atoms with van der Waals surface area (Å²) in [6, 6.07) is 0. The number of fused-ring (bicyclic) bond motifs is 1. The van der Waals surface area contributed by atoms with Gasteiger partial charge in [0.05, 0.1) is 6.10 Å². The first kappa shape index (κ1) is 10.9. The monoisotopic (exact) mass is 207 g/mol. The Morgan fingerprint density at radius 1 is 1.60 bits per heavy atom. The average molecular weight is 207 g/mol. The molecule has 84 valence electrons. The third-order valence-electron chi connectivity index (χ3n) is 4.19. The van der Waals surface area contributed by atoms with Crippen molar-refractivity contribution >= 4 is 0 Å². The molecule has 1 aliphatic carbocycles. The largest absolute Gasteiger partial charge is 0.381 e. The molecule has 2 rings (SSSR count). The van der Waals surface area contributed by atoms with Crippen LogP contribution >= 0.6 is 0 Å². The molecule has 1 aliphatic heterocycles. The van der Waals surface area contributed by atoms with Crippen LogP contribution in [0.1, 0.15) is 19.8 Å². The van der Waals surface area contributed by atoms with E-state index in [9.17, 15) is 0 Å². The molecular weight excluding hydrogens is 186 g/mol. The Morgan fingerprint density at radius 2 is 2.40 bits per heavy atom. The van der Waals surface area contributed by atoms with Gasteiger partial charge in [-0.3, -0.25) is 0 Å². The van der Waals surface area contributed by atoms with Crippen LogP contribution in [0.2, 0.25) is 0 Å². The van der Waals surface area contributed by atoms with Gasteiger partial charge in [0.15, 0.2) is 0 Å². The van der Waals surface area contributed by atoms with Crippen molar-refractivity contribution < 1.29 is 4.74 Å². The van der Waals surface area contributed by atoms with E-state index in [1.807, 2.05) is 13.2 Å². The molecule has 0 amide bonds. The molecule has 2 heteroatoms. The summed E-state index contributed by atoms with van der Waals surface area (Å²) in [7, 11) is 1.83. The van der Waals surface area contributed by atoms with Crippen LogP contribution in [0.4, 0.5) is 0 Å². The van der Waals surface area contributed by atoms with Crippen molar-refractivity contribution in [3.05, 3.63) is 24.3 Å². The summed E-state index contributed by atoms with van der Waals surface area (Å²) < 4.78 is 5.52. The lowest BCUT2D eigenvalue weighted by Crippen LogP contribution is -2.28. The van der Waals surface area contributed by atoms with Crippen LogP contribution in [-0.2, 0) is 4.74 Å². The van der Waals surface area contributed by atoms with Gasteiger partial charge in [0.2, 0.25) is 0 Å². The number of hydrogen-bond acceptors (Lipinski definition) is 2. The second kappa shape index (κ2) is 4.11. The molecule has 1 saturated carbocycles. The number of rotatable bonds is 3. The van der Waals surface area contributed by atoms with Gasteiger partial charge in [0.25, 0.3) is 0 Å². The van der Waals surface area contributed by atoms with E-state index in [-0.39, 0.29) is 0 Å². The third-order valence-corrected chi connectivity index (χ3v) is 4.19. The van der Waals surface area contributed by atoms with Crippen molar-refractivity contribution in [1.82, 2.24) is 5.32 Å². The lowest BCUT2D eigenvalue weighted by Gasteiger charge is -2.30. The Hall–Kier alpha value is -0.600. The maximum atomic E-state index is 5.52. The predicted octanol–water partition coefficient (Wildman–Crippen LogP) is 2.13. The van der Waals surface area contributed by atoms with Crippen LogP contribution in [0.15, 0.2) is 24.3 Å². The molecule has 0 bridgehead atoms. The molecule has 2 fully saturated rings. The summed E-state index contributed by atoms with van der Waals surface area (Å²) in [5.41, 5.74) is 1.70. The van der Waals surface area contributed by atoms with E-state index in [1.54, 1.807) is 0 Å². The van der Waals surface area contributed by atoms with Crippen molar-refractivity contribution in [2.24, 2.45) is 11.3 Å². The van der Waals surface area contributed by atoms with E-state index in [2.05, 4.69) is 24.9 Å². The van der Waals surface area contributed by atoms with Gasteiger partial charge < -0.3 is 10.1 Å². The third kappa shape index (κ3) is 1.56. The molecule has 2 aliphatic rings. The number of nitrogens with one attached hydrogen (secondary N) is 1. The number of ether oxygens (including phenoxy) is 1. The van der Waals surface area contributed by atoms with Crippen molar-refractivity contribution in [2.75, 3.05) is 20.2 Å². The summed E-state index contributed by atoms with van der Waals surface area (Å²) in [5.74, 6) is 0.728. The lowest BCUT2D eigenvalue weighted by molar-refractivity contribution is 0.0981. The van der Waals surface area contributed by atoms with E-state index < -0.39 is 0 Å². The van der Waals surface area contributed by atoms with E-state index >= 15 is 0 Å². The van der Waals surface area contributed by atoms with Crippen molar-refractivity contribution in [2.45, 2.75) is 25.9 Å². The zero-order valence-corrected chi connectivity index (χ0v) is 9.75. The zero-order valence-electron chi connectivity index (χ0n) is 9.75. The number of hydrogen-bond donors (Lipinski definition) is 1. The van der Waals surface area contributed by atoms with Crippen LogP contribution in [0, 0.1) is 11.3 Å². The summed E-state index contributed by atoms with van der Waals surface area (Å²) in [5, 5.41) is 3.51. The SMILES string of the molecule is C=C/C(=C\C)[C@]12CNC[C@H]1CC(OC)C2. The standard InChI is InChI=1S/C13H21NO/c1-4-10(5-2)13-7-12(15-3)6-11(13)8-14-9-13/h4-5,11-12,14H,1,6-9H2,2-3H3/b10-5+/t11-,12?,13+/m1/s1. The van der Waals surface area contributed by atoms with E-state index in [0.717, 1.165) is 25.4 Å². The summed E-state index contributed by atoms with van der Waals surface area (Å²) in [6.07, 6.45) is 7.01. The van der Waals surface area contributed by atoms with Gasteiger partial charge in [-0.05, 0) is 37.8 Å². The van der Waals surface area contributed by atoms with Gasteiger partial charge in [-0.1, -0.05) is 18.7 Å². The molecule has 2 nitrogen and oxygen atoms in total. The average Bonchev–Trinajstić information content (AvgIpc) is 2.76. The van der Waals surface area contributed by atoms with Gasteiger partial charge >= 0.3 is 0 Å². The summed E-state index contributed by atoms with van der Waals surface area (Å²) in [6.45, 7) is 8.27. The normalized spacial score (nSPS) is 40.5. The van der Waals surface area contributed by atoms with Gasteiger partial charge in [-0.25, -0.2) is 0 Å². The molecule has 1 N–H and O–H groups in total. The molecule has 0 aromatic carbocycles. The Labute approximate surface area is 92.4 Å². The second-order valence-corrected chi connectivity index (χ2v) is 4.73. The Kier molecular flexibility index (Phi) is 2.98. The predicted molar refractivity (Wildman–Crippen MR) is 62.8 cm³/mol. The minimum absolute atomic E-state index is 0.303. The molecule has 0 spiro atoms. The molecule has 1 unspecified atom stereocenters. The van der Waals surface area contributed by atoms with Crippen LogP contribution in [0.25, 0.3) is 0 Å². The minimum Gasteiger partial charge on any atom is -0.381 e. The highest BCUT2D eigenvalue weighted by molar-refractivity contribution is 5.30. The van der Waals surface area contributed by atoms with Crippen LogP contribution in [-0.4, -0.2) is 26.3 Å². The topological polar surface area (TPSA) is 21.3 Å². The molecule has 0 radical (unpaired) electrons. The molecule has 1 heterocycles. The highest BCUT2D eigenvalue weighted by Gasteiger charge is 2.51. The minimum atomic E-state index is 0.303. The van der Waals surface area contributed by atoms with Crippen molar-refractivity contribution in [3.63, 3.8) is 0 Å². The molecular formula is C13H21NO. The van der Waals surface area contributed by atoms with Gasteiger partial charge in [0, 0.05) is 19.1 Å². The molecule has 3 atom stereocenters. The van der Waals surface area contributed by atoms with E-state index in [0.29, 0.717) is 11.5 Å². The number of methoxy groups -OCH3 is 1. The lowest BCUT2D eigenvalue weighted by atomic mass is 9.74. The maximum absolute atomic E-state index is 5.52. The van der Waals surface area contributed by atoms with Crippen LogP contribution in [0.5, 0.6) is 0 Å². The van der Waals surface area contributed by atoms with Crippen LogP contribution in [0.3, 0.4) is 0 Å².